The van der Waals surface area contributed by atoms with E-state index < -0.39 is 0 Å². The van der Waals surface area contributed by atoms with Gasteiger partial charge in [0, 0.05) is 36.8 Å². The van der Waals surface area contributed by atoms with Crippen LogP contribution in [0.4, 0.5) is 5.82 Å². The number of pyridine rings is 1. The molecule has 0 atom stereocenters. The number of anilines is 1. The molecule has 1 aromatic heterocycles. The second kappa shape index (κ2) is 7.98. The SMILES string of the molecule is O=C1CCc2cc(C=CC(=O)N3CC=C(c4ccccc4Cl)CC3)cnc2N1. The summed E-state index contributed by atoms with van der Waals surface area (Å²) in [6.07, 6.45) is 9.02. The van der Waals surface area contributed by atoms with Crippen LogP contribution in [-0.2, 0) is 16.0 Å². The molecule has 0 unspecified atom stereocenters. The van der Waals surface area contributed by atoms with Gasteiger partial charge in [-0.2, -0.15) is 0 Å². The molecule has 2 aliphatic heterocycles. The number of nitrogens with one attached hydrogen (secondary N) is 1. The summed E-state index contributed by atoms with van der Waals surface area (Å²) in [5.74, 6) is 0.585. The molecule has 3 heterocycles. The summed E-state index contributed by atoms with van der Waals surface area (Å²) in [5.41, 5.74) is 4.07. The predicted molar refractivity (Wildman–Crippen MR) is 111 cm³/mol. The Hall–Kier alpha value is -2.92. The maximum Gasteiger partial charge on any atom is 0.246 e. The first kappa shape index (κ1) is 18.4. The van der Waals surface area contributed by atoms with Crippen LogP contribution in [0.25, 0.3) is 11.6 Å². The number of fused-ring (bicyclic) bond motifs is 1. The van der Waals surface area contributed by atoms with Crippen LogP contribution in [0.2, 0.25) is 5.02 Å². The normalized spacial score (nSPS) is 16.5. The number of hydrogen-bond donors (Lipinski definition) is 1. The standard InChI is InChI=1S/C22H20ClN3O2/c23-19-4-2-1-3-18(19)16-9-11-26(12-10-16)21(28)8-5-15-13-17-6-7-20(27)25-22(17)24-14-15/h1-5,8-9,13-14H,6-7,10-12H2,(H,24,25,27). The zero-order valence-electron chi connectivity index (χ0n) is 15.3. The van der Waals surface area contributed by atoms with Gasteiger partial charge in [-0.3, -0.25) is 9.59 Å². The second-order valence-corrected chi connectivity index (χ2v) is 7.31. The van der Waals surface area contributed by atoms with Gasteiger partial charge in [0.15, 0.2) is 0 Å². The zero-order chi connectivity index (χ0) is 19.5. The fourth-order valence-electron chi connectivity index (χ4n) is 3.47. The lowest BCUT2D eigenvalue weighted by Crippen LogP contribution is -2.33. The molecule has 5 nitrogen and oxygen atoms in total. The number of aryl methyl sites for hydroxylation is 1. The van der Waals surface area contributed by atoms with E-state index in [1.54, 1.807) is 18.3 Å². The van der Waals surface area contributed by atoms with Crippen LogP contribution in [-0.4, -0.2) is 34.8 Å². The van der Waals surface area contributed by atoms with Crippen LogP contribution >= 0.6 is 11.6 Å². The minimum Gasteiger partial charge on any atom is -0.335 e. The van der Waals surface area contributed by atoms with E-state index in [1.165, 1.54) is 5.57 Å². The Morgan fingerprint density at radius 2 is 2.07 bits per heavy atom. The van der Waals surface area contributed by atoms with E-state index in [4.69, 9.17) is 11.6 Å². The Kier molecular flexibility index (Phi) is 5.26. The highest BCUT2D eigenvalue weighted by atomic mass is 35.5. The molecule has 2 aromatic rings. The highest BCUT2D eigenvalue weighted by Gasteiger charge is 2.18. The van der Waals surface area contributed by atoms with Gasteiger partial charge in [-0.15, -0.1) is 0 Å². The van der Waals surface area contributed by atoms with Gasteiger partial charge in [-0.1, -0.05) is 35.9 Å². The van der Waals surface area contributed by atoms with Gasteiger partial charge in [0.05, 0.1) is 0 Å². The number of benzene rings is 1. The number of carbonyl (C=O) groups is 2. The predicted octanol–water partition coefficient (Wildman–Crippen LogP) is 3.95. The summed E-state index contributed by atoms with van der Waals surface area (Å²) >= 11 is 6.27. The van der Waals surface area contributed by atoms with Crippen molar-refractivity contribution in [3.63, 3.8) is 0 Å². The van der Waals surface area contributed by atoms with Crippen molar-refractivity contribution in [3.05, 3.63) is 70.4 Å². The van der Waals surface area contributed by atoms with E-state index in [2.05, 4.69) is 16.4 Å². The molecule has 0 bridgehead atoms. The minimum absolute atomic E-state index is 0.00668. The van der Waals surface area contributed by atoms with E-state index in [-0.39, 0.29) is 11.8 Å². The summed E-state index contributed by atoms with van der Waals surface area (Å²) in [4.78, 5) is 30.0. The molecule has 0 fully saturated rings. The van der Waals surface area contributed by atoms with Crippen LogP contribution in [0.5, 0.6) is 0 Å². The molecule has 6 heteroatoms. The molecule has 1 aromatic carbocycles. The Labute approximate surface area is 168 Å². The first-order valence-electron chi connectivity index (χ1n) is 9.30. The van der Waals surface area contributed by atoms with Gasteiger partial charge in [0.25, 0.3) is 0 Å². The number of hydrogen-bond acceptors (Lipinski definition) is 3. The molecule has 1 N–H and O–H groups in total. The van der Waals surface area contributed by atoms with E-state index >= 15 is 0 Å². The average Bonchev–Trinajstić information content (AvgIpc) is 2.72. The lowest BCUT2D eigenvalue weighted by Gasteiger charge is -2.26. The van der Waals surface area contributed by atoms with Crippen molar-refractivity contribution >= 4 is 40.9 Å². The molecule has 0 spiro atoms. The molecule has 2 aliphatic rings. The van der Waals surface area contributed by atoms with Crippen LogP contribution < -0.4 is 5.32 Å². The van der Waals surface area contributed by atoms with Gasteiger partial charge in [-0.25, -0.2) is 4.98 Å². The van der Waals surface area contributed by atoms with Crippen LogP contribution in [0, 0.1) is 0 Å². The number of nitrogens with zero attached hydrogens (tertiary/aromatic N) is 2. The van der Waals surface area contributed by atoms with Crippen molar-refractivity contribution < 1.29 is 9.59 Å². The fraction of sp³-hybridized carbons (Fsp3) is 0.227. The van der Waals surface area contributed by atoms with Gasteiger partial charge >= 0.3 is 0 Å². The highest BCUT2D eigenvalue weighted by Crippen LogP contribution is 2.28. The molecular weight excluding hydrogens is 374 g/mol. The van der Waals surface area contributed by atoms with Crippen molar-refractivity contribution in [2.24, 2.45) is 0 Å². The Morgan fingerprint density at radius 1 is 1.21 bits per heavy atom. The number of rotatable bonds is 3. The number of amides is 2. The summed E-state index contributed by atoms with van der Waals surface area (Å²) in [5, 5.41) is 3.50. The fourth-order valence-corrected chi connectivity index (χ4v) is 3.73. The first-order valence-corrected chi connectivity index (χ1v) is 9.67. The Bertz CT molecular complexity index is 997. The summed E-state index contributed by atoms with van der Waals surface area (Å²) in [6.45, 7) is 1.23. The highest BCUT2D eigenvalue weighted by molar-refractivity contribution is 6.32. The molecular formula is C22H20ClN3O2. The minimum atomic E-state index is -0.0273. The quantitative estimate of drug-likeness (QED) is 0.803. The van der Waals surface area contributed by atoms with Crippen molar-refractivity contribution in [1.29, 1.82) is 0 Å². The maximum absolute atomic E-state index is 12.5. The molecule has 4 rings (SSSR count). The topological polar surface area (TPSA) is 62.3 Å². The smallest absolute Gasteiger partial charge is 0.246 e. The number of halogens is 1. The molecule has 28 heavy (non-hydrogen) atoms. The van der Waals surface area contributed by atoms with Gasteiger partial charge in [-0.05, 0) is 53.3 Å². The largest absolute Gasteiger partial charge is 0.335 e. The summed E-state index contributed by atoms with van der Waals surface area (Å²) in [7, 11) is 0. The maximum atomic E-state index is 12.5. The molecule has 0 radical (unpaired) electrons. The monoisotopic (exact) mass is 393 g/mol. The lowest BCUT2D eigenvalue weighted by molar-refractivity contribution is -0.125. The molecule has 0 saturated heterocycles. The van der Waals surface area contributed by atoms with E-state index in [0.29, 0.717) is 31.7 Å². The van der Waals surface area contributed by atoms with Crippen molar-refractivity contribution in [1.82, 2.24) is 9.88 Å². The molecule has 2 amide bonds. The second-order valence-electron chi connectivity index (χ2n) is 6.90. The van der Waals surface area contributed by atoms with Gasteiger partial charge in [0.1, 0.15) is 5.82 Å². The zero-order valence-corrected chi connectivity index (χ0v) is 16.1. The lowest BCUT2D eigenvalue weighted by atomic mass is 9.99. The average molecular weight is 394 g/mol. The third-order valence-electron chi connectivity index (χ3n) is 5.03. The van der Waals surface area contributed by atoms with Crippen molar-refractivity contribution in [2.75, 3.05) is 18.4 Å². The van der Waals surface area contributed by atoms with Crippen molar-refractivity contribution in [3.8, 4) is 0 Å². The van der Waals surface area contributed by atoms with Gasteiger partial charge < -0.3 is 10.2 Å². The van der Waals surface area contributed by atoms with Crippen molar-refractivity contribution in [2.45, 2.75) is 19.3 Å². The Balaban J connectivity index is 1.41. The molecule has 0 aliphatic carbocycles. The van der Waals surface area contributed by atoms with Crippen LogP contribution in [0.3, 0.4) is 0 Å². The molecule has 0 saturated carbocycles. The van der Waals surface area contributed by atoms with E-state index in [0.717, 1.165) is 28.1 Å². The van der Waals surface area contributed by atoms with Crippen LogP contribution in [0.15, 0.2) is 48.7 Å². The van der Waals surface area contributed by atoms with E-state index in [1.807, 2.05) is 35.2 Å². The number of carbonyl (C=O) groups excluding carboxylic acids is 2. The summed E-state index contributed by atoms with van der Waals surface area (Å²) in [6, 6.07) is 9.75. The number of aromatic nitrogens is 1. The first-order chi connectivity index (χ1) is 13.6. The van der Waals surface area contributed by atoms with E-state index in [9.17, 15) is 9.59 Å². The third-order valence-corrected chi connectivity index (χ3v) is 5.36. The molecule has 142 valence electrons. The Morgan fingerprint density at radius 3 is 2.86 bits per heavy atom. The van der Waals surface area contributed by atoms with Gasteiger partial charge in [0.2, 0.25) is 11.8 Å². The van der Waals surface area contributed by atoms with Crippen LogP contribution in [0.1, 0.15) is 29.5 Å². The third kappa shape index (κ3) is 3.99. The summed E-state index contributed by atoms with van der Waals surface area (Å²) < 4.78 is 0.